The van der Waals surface area contributed by atoms with Gasteiger partial charge in [-0.1, -0.05) is 60.5 Å². The minimum Gasteiger partial charge on any atom is -0.349 e. The van der Waals surface area contributed by atoms with Gasteiger partial charge in [0.25, 0.3) is 0 Å². The van der Waals surface area contributed by atoms with Crippen LogP contribution < -0.4 is 5.32 Å². The Balaban J connectivity index is 1.78. The van der Waals surface area contributed by atoms with E-state index in [0.29, 0.717) is 15.8 Å². The van der Waals surface area contributed by atoms with Gasteiger partial charge < -0.3 is 5.32 Å². The standard InChI is InChI=1S/C19H21Cl2NOS/c1-3-14-4-7-16(8-5-14)13(2)22-19(23)12-24-11-15-6-9-17(20)18(21)10-15/h4-10,13H,3,11-12H2,1-2H3,(H,22,23). The van der Waals surface area contributed by atoms with Crippen molar-refractivity contribution in [1.82, 2.24) is 5.32 Å². The topological polar surface area (TPSA) is 29.1 Å². The van der Waals surface area contributed by atoms with Crippen LogP contribution in [0.25, 0.3) is 0 Å². The number of nitrogens with one attached hydrogen (secondary N) is 1. The maximum Gasteiger partial charge on any atom is 0.230 e. The Morgan fingerprint density at radius 3 is 2.38 bits per heavy atom. The predicted octanol–water partition coefficient (Wildman–Crippen LogP) is 5.67. The molecule has 0 aliphatic heterocycles. The molecule has 1 unspecified atom stereocenters. The van der Waals surface area contributed by atoms with Crippen molar-refractivity contribution in [2.45, 2.75) is 32.1 Å². The molecule has 1 atom stereocenters. The summed E-state index contributed by atoms with van der Waals surface area (Å²) in [5.41, 5.74) is 3.48. The van der Waals surface area contributed by atoms with Gasteiger partial charge >= 0.3 is 0 Å². The Labute approximate surface area is 157 Å². The normalized spacial score (nSPS) is 12.0. The quantitative estimate of drug-likeness (QED) is 0.669. The second-order valence-electron chi connectivity index (χ2n) is 5.63. The molecule has 24 heavy (non-hydrogen) atoms. The van der Waals surface area contributed by atoms with Gasteiger partial charge in [-0.2, -0.15) is 0 Å². The summed E-state index contributed by atoms with van der Waals surface area (Å²) in [4.78, 5) is 12.1. The van der Waals surface area contributed by atoms with E-state index in [1.54, 1.807) is 17.8 Å². The van der Waals surface area contributed by atoms with Crippen LogP contribution in [0.15, 0.2) is 42.5 Å². The highest BCUT2D eigenvalue weighted by Crippen LogP contribution is 2.24. The van der Waals surface area contributed by atoms with E-state index in [9.17, 15) is 4.79 Å². The van der Waals surface area contributed by atoms with Gasteiger partial charge in [-0.15, -0.1) is 11.8 Å². The average molecular weight is 382 g/mol. The molecule has 128 valence electrons. The minimum absolute atomic E-state index is 0.00832. The van der Waals surface area contributed by atoms with E-state index in [1.165, 1.54) is 5.56 Å². The van der Waals surface area contributed by atoms with Crippen LogP contribution in [0.5, 0.6) is 0 Å². The fraction of sp³-hybridized carbons (Fsp3) is 0.316. The maximum atomic E-state index is 12.1. The molecule has 0 aliphatic carbocycles. The summed E-state index contributed by atoms with van der Waals surface area (Å²) in [6, 6.07) is 13.9. The monoisotopic (exact) mass is 381 g/mol. The van der Waals surface area contributed by atoms with E-state index >= 15 is 0 Å². The summed E-state index contributed by atoms with van der Waals surface area (Å²) < 4.78 is 0. The lowest BCUT2D eigenvalue weighted by Gasteiger charge is -2.14. The number of hydrogen-bond donors (Lipinski definition) is 1. The molecule has 0 radical (unpaired) electrons. The number of aryl methyl sites for hydroxylation is 1. The van der Waals surface area contributed by atoms with Gasteiger partial charge in [0, 0.05) is 5.75 Å². The van der Waals surface area contributed by atoms with Gasteiger partial charge in [0.15, 0.2) is 0 Å². The number of carbonyl (C=O) groups excluding carboxylic acids is 1. The van der Waals surface area contributed by atoms with Gasteiger partial charge in [0.2, 0.25) is 5.91 Å². The number of benzene rings is 2. The van der Waals surface area contributed by atoms with Crippen LogP contribution in [-0.2, 0) is 17.0 Å². The fourth-order valence-corrected chi connectivity index (χ4v) is 3.41. The second kappa shape index (κ2) is 9.36. The lowest BCUT2D eigenvalue weighted by Crippen LogP contribution is -2.28. The van der Waals surface area contributed by atoms with Gasteiger partial charge in [-0.05, 0) is 42.2 Å². The Hall–Kier alpha value is -1.16. The third-order valence-corrected chi connectivity index (χ3v) is 5.49. The molecule has 0 bridgehead atoms. The fourth-order valence-electron chi connectivity index (χ4n) is 2.30. The van der Waals surface area contributed by atoms with Crippen molar-refractivity contribution in [2.75, 3.05) is 5.75 Å². The maximum absolute atomic E-state index is 12.1. The van der Waals surface area contributed by atoms with Crippen molar-refractivity contribution >= 4 is 40.9 Å². The Bertz CT molecular complexity index is 688. The van der Waals surface area contributed by atoms with Crippen molar-refractivity contribution in [3.8, 4) is 0 Å². The molecule has 0 saturated heterocycles. The van der Waals surface area contributed by atoms with Crippen LogP contribution >= 0.6 is 35.0 Å². The number of rotatable bonds is 7. The first-order valence-electron chi connectivity index (χ1n) is 7.89. The molecule has 2 aromatic rings. The van der Waals surface area contributed by atoms with Crippen molar-refractivity contribution in [2.24, 2.45) is 0 Å². The molecule has 0 heterocycles. The van der Waals surface area contributed by atoms with E-state index in [4.69, 9.17) is 23.2 Å². The van der Waals surface area contributed by atoms with Crippen molar-refractivity contribution < 1.29 is 4.79 Å². The zero-order valence-corrected chi connectivity index (χ0v) is 16.1. The first-order valence-corrected chi connectivity index (χ1v) is 9.80. The summed E-state index contributed by atoms with van der Waals surface area (Å²) in [5.74, 6) is 1.17. The van der Waals surface area contributed by atoms with Crippen molar-refractivity contribution in [3.63, 3.8) is 0 Å². The zero-order valence-electron chi connectivity index (χ0n) is 13.8. The van der Waals surface area contributed by atoms with E-state index < -0.39 is 0 Å². The Morgan fingerprint density at radius 1 is 1.08 bits per heavy atom. The predicted molar refractivity (Wildman–Crippen MR) is 105 cm³/mol. The van der Waals surface area contributed by atoms with Crippen molar-refractivity contribution in [1.29, 1.82) is 0 Å². The van der Waals surface area contributed by atoms with Gasteiger partial charge in [0.1, 0.15) is 0 Å². The molecular weight excluding hydrogens is 361 g/mol. The summed E-state index contributed by atoms with van der Waals surface area (Å²) in [5, 5.41) is 4.13. The van der Waals surface area contributed by atoms with E-state index in [2.05, 4.69) is 36.5 Å². The highest BCUT2D eigenvalue weighted by atomic mass is 35.5. The van der Waals surface area contributed by atoms with Crippen LogP contribution in [0.1, 0.15) is 36.6 Å². The van der Waals surface area contributed by atoms with Crippen LogP contribution in [0.2, 0.25) is 10.0 Å². The smallest absolute Gasteiger partial charge is 0.230 e. The third kappa shape index (κ3) is 5.73. The second-order valence-corrected chi connectivity index (χ2v) is 7.43. The third-order valence-electron chi connectivity index (χ3n) is 3.75. The highest BCUT2D eigenvalue weighted by molar-refractivity contribution is 7.99. The van der Waals surface area contributed by atoms with Crippen LogP contribution in [-0.4, -0.2) is 11.7 Å². The largest absolute Gasteiger partial charge is 0.349 e. The van der Waals surface area contributed by atoms with Gasteiger partial charge in [-0.25, -0.2) is 0 Å². The summed E-state index contributed by atoms with van der Waals surface area (Å²) in [6.07, 6.45) is 1.02. The molecule has 0 aliphatic rings. The molecule has 2 aromatic carbocycles. The highest BCUT2D eigenvalue weighted by Gasteiger charge is 2.10. The number of thioether (sulfide) groups is 1. The molecular formula is C19H21Cl2NOS. The van der Waals surface area contributed by atoms with Crippen molar-refractivity contribution in [3.05, 3.63) is 69.2 Å². The molecule has 0 aromatic heterocycles. The van der Waals surface area contributed by atoms with Crippen LogP contribution in [0, 0.1) is 0 Å². The van der Waals surface area contributed by atoms with Gasteiger partial charge in [0.05, 0.1) is 21.8 Å². The lowest BCUT2D eigenvalue weighted by atomic mass is 10.1. The van der Waals surface area contributed by atoms with Crippen LogP contribution in [0.4, 0.5) is 0 Å². The SMILES string of the molecule is CCc1ccc(C(C)NC(=O)CSCc2ccc(Cl)c(Cl)c2)cc1. The molecule has 0 fully saturated rings. The average Bonchev–Trinajstić information content (AvgIpc) is 2.58. The summed E-state index contributed by atoms with van der Waals surface area (Å²) >= 11 is 13.4. The Morgan fingerprint density at radius 2 is 1.75 bits per heavy atom. The van der Waals surface area contributed by atoms with E-state index in [0.717, 1.165) is 23.3 Å². The van der Waals surface area contributed by atoms with Crippen LogP contribution in [0.3, 0.4) is 0 Å². The first-order chi connectivity index (χ1) is 11.5. The molecule has 1 amide bonds. The van der Waals surface area contributed by atoms with Gasteiger partial charge in [-0.3, -0.25) is 4.79 Å². The molecule has 0 spiro atoms. The summed E-state index contributed by atoms with van der Waals surface area (Å²) in [6.45, 7) is 4.13. The number of amides is 1. The number of halogens is 2. The lowest BCUT2D eigenvalue weighted by molar-refractivity contribution is -0.119. The zero-order chi connectivity index (χ0) is 17.5. The molecule has 2 rings (SSSR count). The molecule has 0 saturated carbocycles. The van der Waals surface area contributed by atoms with E-state index in [1.807, 2.05) is 19.1 Å². The molecule has 5 heteroatoms. The first kappa shape index (κ1) is 19.2. The number of hydrogen-bond acceptors (Lipinski definition) is 2. The molecule has 1 N–H and O–H groups in total. The molecule has 2 nitrogen and oxygen atoms in total. The summed E-state index contributed by atoms with van der Waals surface area (Å²) in [7, 11) is 0. The Kier molecular flexibility index (Phi) is 7.47. The number of carbonyl (C=O) groups is 1. The minimum atomic E-state index is 0.00832. The van der Waals surface area contributed by atoms with E-state index in [-0.39, 0.29) is 11.9 Å².